The van der Waals surface area contributed by atoms with Crippen molar-refractivity contribution in [3.63, 3.8) is 0 Å². The zero-order chi connectivity index (χ0) is 13.4. The Morgan fingerprint density at radius 1 is 1.18 bits per heavy atom. The van der Waals surface area contributed by atoms with E-state index in [1.54, 1.807) is 0 Å². The van der Waals surface area contributed by atoms with Gasteiger partial charge in [-0.25, -0.2) is 0 Å². The summed E-state index contributed by atoms with van der Waals surface area (Å²) in [5.41, 5.74) is 4.18. The van der Waals surface area contributed by atoms with Gasteiger partial charge in [-0.15, -0.1) is 0 Å². The van der Waals surface area contributed by atoms with E-state index in [9.17, 15) is 9.59 Å². The number of carboxylic acids is 1. The normalized spacial score (nSPS) is 8.94. The van der Waals surface area contributed by atoms with Gasteiger partial charge in [0, 0.05) is 6.92 Å². The highest BCUT2D eigenvalue weighted by Gasteiger charge is 1.94. The average Bonchev–Trinajstić information content (AvgIpc) is 2.24. The van der Waals surface area contributed by atoms with Crippen molar-refractivity contribution in [1.29, 1.82) is 0 Å². The summed E-state index contributed by atoms with van der Waals surface area (Å²) in [5, 5.41) is 10.1. The lowest BCUT2D eigenvalue weighted by molar-refractivity contribution is -0.137. The van der Waals surface area contributed by atoms with Crippen LogP contribution in [0.4, 0.5) is 0 Å². The fourth-order valence-electron chi connectivity index (χ4n) is 1.10. The second kappa shape index (κ2) is 7.44. The summed E-state index contributed by atoms with van der Waals surface area (Å²) < 4.78 is 0. The zero-order valence-corrected chi connectivity index (χ0v) is 10.7. The molecule has 1 aromatic carbocycles. The largest absolute Gasteiger partial charge is 0.480 e. The Balaban J connectivity index is 0.000000304. The van der Waals surface area contributed by atoms with E-state index in [0.29, 0.717) is 0 Å². The standard InChI is InChI=1S/C9H12.C4H7NO3/c1-7-5-4-6-8(2)9(7)3;1-3(6)5-2-4(7)8/h4-6H,1-3H3;2H2,1H3,(H,5,6)(H,7,8). The van der Waals surface area contributed by atoms with E-state index in [4.69, 9.17) is 5.11 Å². The number of amides is 1. The van der Waals surface area contributed by atoms with Gasteiger partial charge in [0.05, 0.1) is 0 Å². The number of nitrogens with one attached hydrogen (secondary N) is 1. The lowest BCUT2D eigenvalue weighted by Gasteiger charge is -2.00. The van der Waals surface area contributed by atoms with Gasteiger partial charge in [0.25, 0.3) is 0 Å². The zero-order valence-electron chi connectivity index (χ0n) is 10.7. The Morgan fingerprint density at radius 3 is 1.88 bits per heavy atom. The van der Waals surface area contributed by atoms with E-state index in [-0.39, 0.29) is 12.5 Å². The van der Waals surface area contributed by atoms with Crippen molar-refractivity contribution in [2.75, 3.05) is 6.54 Å². The summed E-state index contributed by atoms with van der Waals surface area (Å²) in [6, 6.07) is 6.38. The summed E-state index contributed by atoms with van der Waals surface area (Å²) in [5.74, 6) is -1.35. The van der Waals surface area contributed by atoms with Crippen LogP contribution in [0.2, 0.25) is 0 Å². The minimum atomic E-state index is -1.03. The molecule has 1 rings (SSSR count). The van der Waals surface area contributed by atoms with Crippen molar-refractivity contribution >= 4 is 11.9 Å². The first kappa shape index (κ1) is 15.2. The van der Waals surface area contributed by atoms with Gasteiger partial charge < -0.3 is 10.4 Å². The lowest BCUT2D eigenvalue weighted by Crippen LogP contribution is -2.26. The van der Waals surface area contributed by atoms with E-state index in [1.807, 2.05) is 0 Å². The number of hydrogen-bond donors (Lipinski definition) is 2. The minimum absolute atomic E-state index is 0.296. The van der Waals surface area contributed by atoms with Crippen molar-refractivity contribution in [2.45, 2.75) is 27.7 Å². The Bertz CT molecular complexity index is 365. The first-order chi connectivity index (χ1) is 7.84. The third kappa shape index (κ3) is 7.11. The third-order valence-electron chi connectivity index (χ3n) is 2.36. The van der Waals surface area contributed by atoms with Crippen molar-refractivity contribution in [2.24, 2.45) is 0 Å². The summed E-state index contributed by atoms with van der Waals surface area (Å²) in [6.45, 7) is 7.41. The molecule has 0 heterocycles. The second-order valence-electron chi connectivity index (χ2n) is 3.82. The molecule has 17 heavy (non-hydrogen) atoms. The molecule has 0 aliphatic rings. The molecule has 0 fully saturated rings. The summed E-state index contributed by atoms with van der Waals surface area (Å²) in [7, 11) is 0. The van der Waals surface area contributed by atoms with Crippen LogP contribution in [0, 0.1) is 20.8 Å². The van der Waals surface area contributed by atoms with Crippen LogP contribution in [0.5, 0.6) is 0 Å². The molecule has 1 amide bonds. The number of aryl methyl sites for hydroxylation is 2. The highest BCUT2D eigenvalue weighted by molar-refractivity contribution is 5.79. The fraction of sp³-hybridized carbons (Fsp3) is 0.385. The molecule has 0 unspecified atom stereocenters. The van der Waals surface area contributed by atoms with Gasteiger partial charge in [-0.05, 0) is 37.5 Å². The maximum absolute atomic E-state index is 9.97. The molecule has 2 N–H and O–H groups in total. The monoisotopic (exact) mass is 237 g/mol. The Hall–Kier alpha value is -1.84. The molecule has 94 valence electrons. The van der Waals surface area contributed by atoms with E-state index in [2.05, 4.69) is 44.3 Å². The number of carbonyl (C=O) groups excluding carboxylic acids is 1. The highest BCUT2D eigenvalue weighted by atomic mass is 16.4. The molecule has 4 nitrogen and oxygen atoms in total. The van der Waals surface area contributed by atoms with Gasteiger partial charge in [0.2, 0.25) is 5.91 Å². The molecule has 4 heteroatoms. The predicted molar refractivity (Wildman–Crippen MR) is 67.0 cm³/mol. The van der Waals surface area contributed by atoms with Gasteiger partial charge in [-0.3, -0.25) is 9.59 Å². The average molecular weight is 237 g/mol. The number of rotatable bonds is 2. The first-order valence-corrected chi connectivity index (χ1v) is 5.33. The van der Waals surface area contributed by atoms with Gasteiger partial charge in [-0.1, -0.05) is 18.2 Å². The minimum Gasteiger partial charge on any atom is -0.480 e. The molecule has 0 bridgehead atoms. The predicted octanol–water partition coefficient (Wildman–Crippen LogP) is 1.82. The van der Waals surface area contributed by atoms with E-state index in [1.165, 1.54) is 23.6 Å². The van der Waals surface area contributed by atoms with Gasteiger partial charge in [-0.2, -0.15) is 0 Å². The molecular weight excluding hydrogens is 218 g/mol. The van der Waals surface area contributed by atoms with E-state index < -0.39 is 5.97 Å². The number of carboxylic acid groups (broad SMARTS) is 1. The van der Waals surface area contributed by atoms with E-state index in [0.717, 1.165) is 0 Å². The first-order valence-electron chi connectivity index (χ1n) is 5.33. The maximum Gasteiger partial charge on any atom is 0.322 e. The highest BCUT2D eigenvalue weighted by Crippen LogP contribution is 2.09. The second-order valence-corrected chi connectivity index (χ2v) is 3.82. The van der Waals surface area contributed by atoms with Gasteiger partial charge in [0.15, 0.2) is 0 Å². The number of benzene rings is 1. The Labute approximate surface area is 102 Å². The fourth-order valence-corrected chi connectivity index (χ4v) is 1.10. The summed E-state index contributed by atoms with van der Waals surface area (Å²) in [6.07, 6.45) is 0. The van der Waals surface area contributed by atoms with Crippen molar-refractivity contribution in [3.8, 4) is 0 Å². The van der Waals surface area contributed by atoms with Crippen LogP contribution in [0.3, 0.4) is 0 Å². The smallest absolute Gasteiger partial charge is 0.322 e. The van der Waals surface area contributed by atoms with Crippen LogP contribution < -0.4 is 5.32 Å². The molecule has 0 atom stereocenters. The lowest BCUT2D eigenvalue weighted by atomic mass is 10.1. The van der Waals surface area contributed by atoms with Crippen LogP contribution in [-0.4, -0.2) is 23.5 Å². The quantitative estimate of drug-likeness (QED) is 0.824. The Morgan fingerprint density at radius 2 is 1.65 bits per heavy atom. The van der Waals surface area contributed by atoms with Gasteiger partial charge >= 0.3 is 5.97 Å². The third-order valence-corrected chi connectivity index (χ3v) is 2.36. The molecule has 1 aromatic rings. The van der Waals surface area contributed by atoms with Crippen LogP contribution >= 0.6 is 0 Å². The Kier molecular flexibility index (Phi) is 6.63. The van der Waals surface area contributed by atoms with Crippen LogP contribution in [0.1, 0.15) is 23.6 Å². The molecule has 0 aromatic heterocycles. The molecule has 0 saturated carbocycles. The van der Waals surface area contributed by atoms with Crippen molar-refractivity contribution < 1.29 is 14.7 Å². The van der Waals surface area contributed by atoms with Gasteiger partial charge in [0.1, 0.15) is 6.54 Å². The van der Waals surface area contributed by atoms with Crippen LogP contribution in [-0.2, 0) is 9.59 Å². The number of carbonyl (C=O) groups is 2. The number of hydrogen-bond acceptors (Lipinski definition) is 2. The van der Waals surface area contributed by atoms with Crippen LogP contribution in [0.25, 0.3) is 0 Å². The molecule has 0 saturated heterocycles. The maximum atomic E-state index is 9.97. The molecule has 0 spiro atoms. The molecule has 0 aliphatic carbocycles. The van der Waals surface area contributed by atoms with Crippen LogP contribution in [0.15, 0.2) is 18.2 Å². The molecule has 0 radical (unpaired) electrons. The van der Waals surface area contributed by atoms with Crippen molar-refractivity contribution in [3.05, 3.63) is 34.9 Å². The summed E-state index contributed by atoms with van der Waals surface area (Å²) in [4.78, 5) is 19.7. The molecular formula is C13H19NO3. The topological polar surface area (TPSA) is 66.4 Å². The SMILES string of the molecule is CC(=O)NCC(=O)O.Cc1cccc(C)c1C. The van der Waals surface area contributed by atoms with E-state index >= 15 is 0 Å². The number of aliphatic carboxylic acids is 1. The summed E-state index contributed by atoms with van der Waals surface area (Å²) >= 11 is 0. The molecule has 0 aliphatic heterocycles. The van der Waals surface area contributed by atoms with Crippen molar-refractivity contribution in [1.82, 2.24) is 5.32 Å².